The highest BCUT2D eigenvalue weighted by Gasteiger charge is 2.49. The molecule has 1 amide bonds. The number of hydrogen-bond donors (Lipinski definition) is 3. The minimum absolute atomic E-state index is 0.0425. The van der Waals surface area contributed by atoms with Crippen LogP contribution in [0, 0.1) is 12.3 Å². The Morgan fingerprint density at radius 2 is 1.49 bits per heavy atom. The predicted octanol–water partition coefficient (Wildman–Crippen LogP) is 3.43. The van der Waals surface area contributed by atoms with Crippen LogP contribution in [0.4, 0.5) is 0 Å². The standard InChI is InChI=1S/C28H30N2O5S2/c1-20-12-14-23(15-13-20)37(34,35)25-24(29-16-17-36-25)30-26(31)28(27(32)33,18-21-8-4-2-5-9-21)19-22-10-6-3-7-11-22/h2-15,24-25,29H,16-19H2,1H3,(H,30,31)(H,32,33). The fraction of sp³-hybridized carbons (Fsp3) is 0.286. The maximum Gasteiger partial charge on any atom is 0.319 e. The van der Waals surface area contributed by atoms with Gasteiger partial charge in [0.15, 0.2) is 15.3 Å². The zero-order valence-electron chi connectivity index (χ0n) is 20.5. The van der Waals surface area contributed by atoms with Crippen molar-refractivity contribution >= 4 is 33.5 Å². The third-order valence-electron chi connectivity index (χ3n) is 6.50. The summed E-state index contributed by atoms with van der Waals surface area (Å²) in [5.41, 5.74) is 0.493. The summed E-state index contributed by atoms with van der Waals surface area (Å²) in [4.78, 5) is 26.9. The molecule has 3 N–H and O–H groups in total. The molecule has 37 heavy (non-hydrogen) atoms. The van der Waals surface area contributed by atoms with E-state index in [4.69, 9.17) is 0 Å². The molecule has 2 unspecified atom stereocenters. The summed E-state index contributed by atoms with van der Waals surface area (Å²) in [6, 6.07) is 24.6. The Labute approximate surface area is 221 Å². The molecule has 1 saturated heterocycles. The molecule has 0 aromatic heterocycles. The number of thioether (sulfide) groups is 1. The minimum Gasteiger partial charge on any atom is -0.480 e. The van der Waals surface area contributed by atoms with Gasteiger partial charge < -0.3 is 10.4 Å². The number of carboxylic acids is 1. The fourth-order valence-corrected chi connectivity index (χ4v) is 7.94. The highest BCUT2D eigenvalue weighted by molar-refractivity contribution is 8.13. The first-order valence-corrected chi connectivity index (χ1v) is 14.6. The predicted molar refractivity (Wildman–Crippen MR) is 145 cm³/mol. The van der Waals surface area contributed by atoms with Crippen molar-refractivity contribution in [3.05, 3.63) is 102 Å². The summed E-state index contributed by atoms with van der Waals surface area (Å²) in [5.74, 6) is -1.45. The number of benzene rings is 3. The normalized spacial score (nSPS) is 18.2. The number of hydrogen-bond acceptors (Lipinski definition) is 6. The number of rotatable bonds is 9. The van der Waals surface area contributed by atoms with Gasteiger partial charge in [-0.25, -0.2) is 8.42 Å². The summed E-state index contributed by atoms with van der Waals surface area (Å²) in [6.07, 6.45) is -1.04. The highest BCUT2D eigenvalue weighted by atomic mass is 32.3. The molecule has 1 aliphatic heterocycles. The number of carbonyl (C=O) groups is 2. The molecule has 3 aromatic carbocycles. The molecule has 0 bridgehead atoms. The lowest BCUT2D eigenvalue weighted by atomic mass is 9.75. The van der Waals surface area contributed by atoms with Crippen molar-refractivity contribution in [3.8, 4) is 0 Å². The molecule has 194 valence electrons. The topological polar surface area (TPSA) is 113 Å². The van der Waals surface area contributed by atoms with Crippen LogP contribution in [0.3, 0.4) is 0 Å². The first kappa shape index (κ1) is 26.9. The molecule has 1 fully saturated rings. The van der Waals surface area contributed by atoms with Crippen LogP contribution in [0.15, 0.2) is 89.8 Å². The van der Waals surface area contributed by atoms with Crippen molar-refractivity contribution in [1.29, 1.82) is 0 Å². The van der Waals surface area contributed by atoms with E-state index in [9.17, 15) is 23.1 Å². The van der Waals surface area contributed by atoms with Crippen LogP contribution in [0.5, 0.6) is 0 Å². The second-order valence-electron chi connectivity index (χ2n) is 9.21. The molecule has 0 aliphatic carbocycles. The average molecular weight is 539 g/mol. The Morgan fingerprint density at radius 1 is 0.946 bits per heavy atom. The lowest BCUT2D eigenvalue weighted by molar-refractivity contribution is -0.156. The Kier molecular flexibility index (Phi) is 8.36. The molecule has 0 radical (unpaired) electrons. The van der Waals surface area contributed by atoms with E-state index >= 15 is 0 Å². The number of sulfone groups is 1. The largest absolute Gasteiger partial charge is 0.480 e. The van der Waals surface area contributed by atoms with Gasteiger partial charge in [-0.3, -0.25) is 14.9 Å². The zero-order valence-corrected chi connectivity index (χ0v) is 22.1. The number of carbonyl (C=O) groups excluding carboxylic acids is 1. The van der Waals surface area contributed by atoms with E-state index in [1.54, 1.807) is 72.8 Å². The van der Waals surface area contributed by atoms with E-state index in [1.807, 2.05) is 19.1 Å². The van der Waals surface area contributed by atoms with Gasteiger partial charge in [-0.1, -0.05) is 78.4 Å². The third kappa shape index (κ3) is 6.06. The van der Waals surface area contributed by atoms with Gasteiger partial charge in [0, 0.05) is 12.3 Å². The van der Waals surface area contributed by atoms with Crippen molar-refractivity contribution < 1.29 is 23.1 Å². The van der Waals surface area contributed by atoms with Crippen LogP contribution in [-0.4, -0.2) is 48.4 Å². The van der Waals surface area contributed by atoms with E-state index in [0.717, 1.165) is 5.56 Å². The summed E-state index contributed by atoms with van der Waals surface area (Å²) >= 11 is 1.23. The maximum atomic E-state index is 13.9. The SMILES string of the molecule is Cc1ccc(S(=O)(=O)C2SCCNC2NC(=O)C(Cc2ccccc2)(Cc2ccccc2)C(=O)O)cc1. The molecule has 7 nitrogen and oxygen atoms in total. The van der Waals surface area contributed by atoms with Crippen LogP contribution in [0.1, 0.15) is 16.7 Å². The van der Waals surface area contributed by atoms with Crippen molar-refractivity contribution in [3.63, 3.8) is 0 Å². The Bertz CT molecular complexity index is 1290. The second kappa shape index (κ2) is 11.5. The van der Waals surface area contributed by atoms with E-state index in [-0.39, 0.29) is 17.7 Å². The zero-order chi connectivity index (χ0) is 26.5. The van der Waals surface area contributed by atoms with Gasteiger partial charge in [0.05, 0.1) is 4.90 Å². The van der Waals surface area contributed by atoms with Crippen LogP contribution in [-0.2, 0) is 32.3 Å². The minimum atomic E-state index is -3.82. The number of nitrogens with one attached hydrogen (secondary N) is 2. The van der Waals surface area contributed by atoms with Crippen molar-refractivity contribution in [1.82, 2.24) is 10.6 Å². The Hall–Kier alpha value is -3.14. The molecule has 9 heteroatoms. The molecule has 0 spiro atoms. The van der Waals surface area contributed by atoms with Gasteiger partial charge >= 0.3 is 5.97 Å². The van der Waals surface area contributed by atoms with Crippen LogP contribution < -0.4 is 10.6 Å². The van der Waals surface area contributed by atoms with Gasteiger partial charge in [-0.15, -0.1) is 11.8 Å². The van der Waals surface area contributed by atoms with E-state index in [1.165, 1.54) is 11.8 Å². The number of amides is 1. The Morgan fingerprint density at radius 3 is 2.00 bits per heavy atom. The van der Waals surface area contributed by atoms with Gasteiger partial charge in [-0.2, -0.15) is 0 Å². The lowest BCUT2D eigenvalue weighted by Gasteiger charge is -2.36. The molecule has 1 heterocycles. The summed E-state index contributed by atoms with van der Waals surface area (Å²) in [5, 5.41) is 16.4. The molecule has 1 aliphatic rings. The molecular weight excluding hydrogens is 508 g/mol. The van der Waals surface area contributed by atoms with Gasteiger partial charge in [-0.05, 0) is 43.0 Å². The number of carboxylic acid groups (broad SMARTS) is 1. The molecule has 2 atom stereocenters. The summed E-state index contributed by atoms with van der Waals surface area (Å²) in [7, 11) is -3.82. The average Bonchev–Trinajstić information content (AvgIpc) is 2.90. The number of aryl methyl sites for hydroxylation is 1. The van der Waals surface area contributed by atoms with Crippen molar-refractivity contribution in [2.24, 2.45) is 5.41 Å². The first-order chi connectivity index (χ1) is 17.7. The Balaban J connectivity index is 1.68. The van der Waals surface area contributed by atoms with Crippen LogP contribution >= 0.6 is 11.8 Å². The molecule has 0 saturated carbocycles. The van der Waals surface area contributed by atoms with Crippen molar-refractivity contribution in [2.45, 2.75) is 35.4 Å². The monoisotopic (exact) mass is 538 g/mol. The molecule has 3 aromatic rings. The second-order valence-corrected chi connectivity index (χ2v) is 12.8. The van der Waals surface area contributed by atoms with Crippen LogP contribution in [0.25, 0.3) is 0 Å². The highest BCUT2D eigenvalue weighted by Crippen LogP contribution is 2.33. The summed E-state index contributed by atoms with van der Waals surface area (Å²) in [6.45, 7) is 2.36. The smallest absolute Gasteiger partial charge is 0.319 e. The maximum absolute atomic E-state index is 13.9. The number of aliphatic carboxylic acids is 1. The van der Waals surface area contributed by atoms with Crippen LogP contribution in [0.2, 0.25) is 0 Å². The summed E-state index contributed by atoms with van der Waals surface area (Å²) < 4.78 is 26.0. The lowest BCUT2D eigenvalue weighted by Crippen LogP contribution is -2.61. The van der Waals surface area contributed by atoms with Gasteiger partial charge in [0.1, 0.15) is 10.7 Å². The first-order valence-electron chi connectivity index (χ1n) is 12.0. The molecule has 4 rings (SSSR count). The quantitative estimate of drug-likeness (QED) is 0.358. The van der Waals surface area contributed by atoms with E-state index < -0.39 is 37.9 Å². The molecular formula is C28H30N2O5S2. The fourth-order valence-electron chi connectivity index (χ4n) is 4.47. The van der Waals surface area contributed by atoms with E-state index in [2.05, 4.69) is 10.6 Å². The van der Waals surface area contributed by atoms with Gasteiger partial charge in [0.2, 0.25) is 5.91 Å². The van der Waals surface area contributed by atoms with Gasteiger partial charge in [0.25, 0.3) is 0 Å². The van der Waals surface area contributed by atoms with E-state index in [0.29, 0.717) is 23.4 Å². The van der Waals surface area contributed by atoms with Crippen molar-refractivity contribution in [2.75, 3.05) is 12.3 Å². The third-order valence-corrected chi connectivity index (χ3v) is 10.5.